The largest absolute Gasteiger partial charge is 0.460 e. The minimum atomic E-state index is -0.836. The number of carbonyl (C=O) groups excluding carboxylic acids is 4. The van der Waals surface area contributed by atoms with E-state index < -0.39 is 47.9 Å². The number of ketones is 1. The van der Waals surface area contributed by atoms with Crippen LogP contribution in [0.5, 0.6) is 0 Å². The predicted molar refractivity (Wildman–Crippen MR) is 151 cm³/mol. The number of amides is 2. The van der Waals surface area contributed by atoms with E-state index in [1.165, 1.54) is 38.1 Å². The molecule has 1 aliphatic rings. The van der Waals surface area contributed by atoms with Gasteiger partial charge in [-0.25, -0.2) is 9.18 Å². The first-order valence-electron chi connectivity index (χ1n) is 13.9. The number of fused-ring (bicyclic) bond motifs is 1. The maximum atomic E-state index is 14.1. The quantitative estimate of drug-likeness (QED) is 0.421. The van der Waals surface area contributed by atoms with E-state index in [2.05, 4.69) is 4.98 Å². The fourth-order valence-corrected chi connectivity index (χ4v) is 5.17. The van der Waals surface area contributed by atoms with Crippen molar-refractivity contribution < 1.29 is 37.8 Å². The van der Waals surface area contributed by atoms with E-state index in [0.717, 1.165) is 10.9 Å². The third-order valence-corrected chi connectivity index (χ3v) is 7.65. The van der Waals surface area contributed by atoms with Crippen LogP contribution in [0.2, 0.25) is 0 Å². The van der Waals surface area contributed by atoms with E-state index >= 15 is 0 Å². The molecule has 1 aromatic heterocycles. The van der Waals surface area contributed by atoms with Crippen LogP contribution in [0.25, 0.3) is 10.9 Å². The van der Waals surface area contributed by atoms with Gasteiger partial charge in [0.1, 0.15) is 17.5 Å². The Labute approximate surface area is 240 Å². The van der Waals surface area contributed by atoms with Crippen molar-refractivity contribution in [2.75, 3.05) is 20.7 Å². The van der Waals surface area contributed by atoms with Crippen LogP contribution in [-0.2, 0) is 35.0 Å². The predicted octanol–water partition coefficient (Wildman–Crippen LogP) is 4.25. The van der Waals surface area contributed by atoms with Crippen molar-refractivity contribution in [2.45, 2.75) is 90.7 Å². The Morgan fingerprint density at radius 2 is 1.88 bits per heavy atom. The zero-order valence-corrected chi connectivity index (χ0v) is 25.2. The number of nitrogens with zero attached hydrogens (tertiary/aromatic N) is 2. The Kier molecular flexibility index (Phi) is 10.2. The maximum Gasteiger partial charge on any atom is 0.410 e. The van der Waals surface area contributed by atoms with E-state index in [1.54, 1.807) is 51.8 Å². The number of Topliss-reactive ketones (excluding diaryl/α,β-unsaturated/α-hetero) is 1. The number of nitrogens with one attached hydrogen (secondary N) is 1. The van der Waals surface area contributed by atoms with Crippen LogP contribution in [-0.4, -0.2) is 89.1 Å². The lowest BCUT2D eigenvalue weighted by atomic mass is 9.91. The number of methoxy groups -OCH3 is 1. The standard InChI is InChI=1S/C30H42FN3O7/c1-17(33(7)29(38)41-30(4,5)6)26(36)15-23(18(2)39-8)28(37)34-12-11-27(40-19(3)35)25(34)13-20-16-32-24-14-21(31)9-10-22(20)24/h9-10,14,16-18,23,25,27,32H,11-13,15H2,1-8H3/t17-,18+,23-,25+,27-/m0/s1. The van der Waals surface area contributed by atoms with Gasteiger partial charge in [0.05, 0.1) is 24.1 Å². The number of rotatable bonds is 10. The number of aromatic amines is 1. The van der Waals surface area contributed by atoms with Gasteiger partial charge in [0.2, 0.25) is 5.91 Å². The number of aromatic nitrogens is 1. The third kappa shape index (κ3) is 7.84. The summed E-state index contributed by atoms with van der Waals surface area (Å²) in [5, 5.41) is 0.809. The van der Waals surface area contributed by atoms with E-state index in [-0.39, 0.29) is 23.9 Å². The lowest BCUT2D eigenvalue weighted by molar-refractivity contribution is -0.151. The molecule has 0 saturated carbocycles. The molecule has 0 aliphatic carbocycles. The molecule has 0 radical (unpaired) electrons. The number of likely N-dealkylation sites (N-methyl/N-ethyl adjacent to an activating group) is 1. The molecule has 1 aromatic carbocycles. The Morgan fingerprint density at radius 3 is 2.49 bits per heavy atom. The van der Waals surface area contributed by atoms with E-state index in [9.17, 15) is 23.6 Å². The summed E-state index contributed by atoms with van der Waals surface area (Å²) in [7, 11) is 2.96. The summed E-state index contributed by atoms with van der Waals surface area (Å²) in [4.78, 5) is 57.8. The summed E-state index contributed by atoms with van der Waals surface area (Å²) in [5.74, 6) is -2.27. The second kappa shape index (κ2) is 13.0. The van der Waals surface area contributed by atoms with Gasteiger partial charge in [-0.15, -0.1) is 0 Å². The lowest BCUT2D eigenvalue weighted by Gasteiger charge is -2.33. The van der Waals surface area contributed by atoms with Crippen molar-refractivity contribution in [2.24, 2.45) is 5.92 Å². The van der Waals surface area contributed by atoms with Crippen molar-refractivity contribution in [1.29, 1.82) is 0 Å². The van der Waals surface area contributed by atoms with E-state index in [4.69, 9.17) is 14.2 Å². The SMILES string of the molecule is CO[C@H](C)[C@H](CC(=O)[C@H](C)N(C)C(=O)OC(C)(C)C)C(=O)N1CC[C@H](OC(C)=O)[C@H]1Cc1c[nH]c2cc(F)ccc12. The number of H-pyrrole nitrogens is 1. The van der Waals surface area contributed by atoms with E-state index in [0.29, 0.717) is 24.9 Å². The van der Waals surface area contributed by atoms with Crippen molar-refractivity contribution in [3.8, 4) is 0 Å². The molecule has 1 N–H and O–H groups in total. The molecule has 11 heteroatoms. The van der Waals surface area contributed by atoms with Gasteiger partial charge in [0.25, 0.3) is 0 Å². The summed E-state index contributed by atoms with van der Waals surface area (Å²) < 4.78 is 30.3. The summed E-state index contributed by atoms with van der Waals surface area (Å²) in [6.45, 7) is 10.2. The maximum absolute atomic E-state index is 14.1. The second-order valence-corrected chi connectivity index (χ2v) is 11.7. The summed E-state index contributed by atoms with van der Waals surface area (Å²) >= 11 is 0. The van der Waals surface area contributed by atoms with Gasteiger partial charge >= 0.3 is 12.1 Å². The van der Waals surface area contributed by atoms with Gasteiger partial charge in [-0.3, -0.25) is 14.4 Å². The van der Waals surface area contributed by atoms with Crippen LogP contribution in [0, 0.1) is 11.7 Å². The van der Waals surface area contributed by atoms with Crippen LogP contribution in [0.1, 0.15) is 59.9 Å². The highest BCUT2D eigenvalue weighted by Crippen LogP contribution is 2.31. The first kappa shape index (κ1) is 32.0. The Hall–Kier alpha value is -3.47. The highest BCUT2D eigenvalue weighted by Gasteiger charge is 2.43. The molecule has 2 aromatic rings. The van der Waals surface area contributed by atoms with Gasteiger partial charge in [0, 0.05) is 57.6 Å². The van der Waals surface area contributed by atoms with Crippen LogP contribution in [0.3, 0.4) is 0 Å². The molecule has 0 spiro atoms. The summed E-state index contributed by atoms with van der Waals surface area (Å²) in [6.07, 6.45) is 0.618. The van der Waals surface area contributed by atoms with Gasteiger partial charge in [-0.1, -0.05) is 0 Å². The number of hydrogen-bond acceptors (Lipinski definition) is 7. The van der Waals surface area contributed by atoms with Crippen molar-refractivity contribution in [3.63, 3.8) is 0 Å². The zero-order valence-electron chi connectivity index (χ0n) is 25.2. The molecular formula is C30H42FN3O7. The topological polar surface area (TPSA) is 118 Å². The molecule has 1 saturated heterocycles. The molecule has 41 heavy (non-hydrogen) atoms. The summed E-state index contributed by atoms with van der Waals surface area (Å²) in [6, 6.07) is 3.11. The van der Waals surface area contributed by atoms with Crippen LogP contribution in [0.15, 0.2) is 24.4 Å². The second-order valence-electron chi connectivity index (χ2n) is 11.7. The molecular weight excluding hydrogens is 533 g/mol. The zero-order chi connectivity index (χ0) is 30.6. The smallest absolute Gasteiger partial charge is 0.410 e. The Morgan fingerprint density at radius 1 is 1.20 bits per heavy atom. The Balaban J connectivity index is 1.85. The molecule has 226 valence electrons. The normalized spacial score (nSPS) is 19.5. The number of halogens is 1. The van der Waals surface area contributed by atoms with Gasteiger partial charge < -0.3 is 29.0 Å². The van der Waals surface area contributed by atoms with Crippen LogP contribution < -0.4 is 0 Å². The molecule has 1 aliphatic heterocycles. The van der Waals surface area contributed by atoms with E-state index in [1.807, 2.05) is 0 Å². The van der Waals surface area contributed by atoms with Crippen molar-refractivity contribution in [1.82, 2.24) is 14.8 Å². The number of esters is 1. The number of carbonyl (C=O) groups is 4. The van der Waals surface area contributed by atoms with Gasteiger partial charge in [-0.2, -0.15) is 0 Å². The first-order chi connectivity index (χ1) is 19.1. The lowest BCUT2D eigenvalue weighted by Crippen LogP contribution is -2.49. The van der Waals surface area contributed by atoms with Gasteiger partial charge in [-0.05, 0) is 64.8 Å². The number of hydrogen-bond donors (Lipinski definition) is 1. The monoisotopic (exact) mass is 575 g/mol. The minimum absolute atomic E-state index is 0.157. The minimum Gasteiger partial charge on any atom is -0.460 e. The molecule has 2 amide bonds. The molecule has 1 fully saturated rings. The molecule has 5 atom stereocenters. The third-order valence-electron chi connectivity index (χ3n) is 7.65. The highest BCUT2D eigenvalue weighted by atomic mass is 19.1. The molecule has 0 unspecified atom stereocenters. The fraction of sp³-hybridized carbons (Fsp3) is 0.600. The van der Waals surface area contributed by atoms with Crippen molar-refractivity contribution in [3.05, 3.63) is 35.8 Å². The number of likely N-dealkylation sites (tertiary alicyclic amines) is 1. The number of benzene rings is 1. The van der Waals surface area contributed by atoms with Crippen molar-refractivity contribution >= 4 is 34.7 Å². The van der Waals surface area contributed by atoms with Gasteiger partial charge in [0.15, 0.2) is 5.78 Å². The first-order valence-corrected chi connectivity index (χ1v) is 13.9. The van der Waals surface area contributed by atoms with Crippen LogP contribution in [0.4, 0.5) is 9.18 Å². The Bertz CT molecular complexity index is 1270. The molecule has 3 rings (SSSR count). The summed E-state index contributed by atoms with van der Waals surface area (Å²) in [5.41, 5.74) is 0.751. The van der Waals surface area contributed by atoms with Crippen LogP contribution >= 0.6 is 0 Å². The average Bonchev–Trinajstić information content (AvgIpc) is 3.47. The molecule has 2 heterocycles. The number of ether oxygens (including phenoxy) is 3. The average molecular weight is 576 g/mol. The fourth-order valence-electron chi connectivity index (χ4n) is 5.17. The highest BCUT2D eigenvalue weighted by molar-refractivity contribution is 5.92. The molecule has 0 bridgehead atoms. The molecule has 10 nitrogen and oxygen atoms in total.